The van der Waals surface area contributed by atoms with E-state index in [1.807, 2.05) is 0 Å². The molecule has 0 amide bonds. The van der Waals surface area contributed by atoms with Crippen LogP contribution in [-0.2, 0) is 14.8 Å². The number of aliphatic carboxylic acids is 1. The molecule has 1 atom stereocenters. The molecule has 0 aromatic heterocycles. The van der Waals surface area contributed by atoms with Crippen molar-refractivity contribution in [2.45, 2.75) is 38.1 Å². The lowest BCUT2D eigenvalue weighted by atomic mass is 10.1. The second kappa shape index (κ2) is 5.93. The quantitative estimate of drug-likeness (QED) is 0.904. The van der Waals surface area contributed by atoms with E-state index < -0.39 is 27.4 Å². The van der Waals surface area contributed by atoms with Gasteiger partial charge in [-0.2, -0.15) is 4.31 Å². The molecule has 0 saturated carbocycles. The van der Waals surface area contributed by atoms with Gasteiger partial charge in [0, 0.05) is 12.1 Å². The van der Waals surface area contributed by atoms with Gasteiger partial charge in [0.25, 0.3) is 0 Å². The fourth-order valence-corrected chi connectivity index (χ4v) is 3.68. The summed E-state index contributed by atoms with van der Waals surface area (Å²) in [5, 5.41) is 9.01. The van der Waals surface area contributed by atoms with Crippen molar-refractivity contribution in [1.29, 1.82) is 0 Å². The molecule has 1 N–H and O–H groups in total. The molecule has 0 aliphatic heterocycles. The van der Waals surface area contributed by atoms with Gasteiger partial charge in [-0.05, 0) is 32.9 Å². The van der Waals surface area contributed by atoms with Crippen LogP contribution in [0.4, 0.5) is 0 Å². The van der Waals surface area contributed by atoms with Crippen LogP contribution in [0.1, 0.15) is 27.7 Å². The number of carboxylic acid groups (broad SMARTS) is 1. The summed E-state index contributed by atoms with van der Waals surface area (Å²) < 4.78 is 26.6. The van der Waals surface area contributed by atoms with Crippen molar-refractivity contribution in [2.75, 3.05) is 6.54 Å². The second-order valence-corrected chi connectivity index (χ2v) is 7.62. The van der Waals surface area contributed by atoms with E-state index in [2.05, 4.69) is 0 Å². The Labute approximate surface area is 120 Å². The van der Waals surface area contributed by atoms with Gasteiger partial charge >= 0.3 is 5.97 Å². The zero-order chi connectivity index (χ0) is 15.6. The maximum atomic E-state index is 12.7. The van der Waals surface area contributed by atoms with Crippen LogP contribution in [0.15, 0.2) is 35.2 Å². The number of benzene rings is 1. The highest BCUT2D eigenvalue weighted by atomic mass is 32.2. The zero-order valence-corrected chi connectivity index (χ0v) is 13.0. The molecule has 0 heterocycles. The number of rotatable bonds is 5. The van der Waals surface area contributed by atoms with Gasteiger partial charge in [-0.1, -0.05) is 25.1 Å². The molecule has 112 valence electrons. The van der Waals surface area contributed by atoms with Crippen molar-refractivity contribution in [3.05, 3.63) is 30.3 Å². The molecule has 1 unspecified atom stereocenters. The Morgan fingerprint density at radius 1 is 1.25 bits per heavy atom. The van der Waals surface area contributed by atoms with E-state index in [-0.39, 0.29) is 11.4 Å². The van der Waals surface area contributed by atoms with Crippen molar-refractivity contribution in [3.8, 4) is 0 Å². The number of hydrogen-bond donors (Lipinski definition) is 1. The van der Waals surface area contributed by atoms with Crippen molar-refractivity contribution >= 4 is 16.0 Å². The predicted molar refractivity (Wildman–Crippen MR) is 76.9 cm³/mol. The van der Waals surface area contributed by atoms with E-state index in [9.17, 15) is 13.2 Å². The number of nitrogens with zero attached hydrogens (tertiary/aromatic N) is 1. The molecule has 6 heteroatoms. The molecule has 1 aromatic carbocycles. The fourth-order valence-electron chi connectivity index (χ4n) is 1.78. The van der Waals surface area contributed by atoms with E-state index in [0.29, 0.717) is 0 Å². The normalized spacial score (nSPS) is 14.2. The molecular weight excluding hydrogens is 278 g/mol. The predicted octanol–water partition coefficient (Wildman–Crippen LogP) is 2.20. The third kappa shape index (κ3) is 3.80. The topological polar surface area (TPSA) is 74.7 Å². The van der Waals surface area contributed by atoms with Gasteiger partial charge < -0.3 is 5.11 Å². The Balaban J connectivity index is 3.22. The van der Waals surface area contributed by atoms with E-state index in [1.165, 1.54) is 23.4 Å². The van der Waals surface area contributed by atoms with Crippen LogP contribution in [0.3, 0.4) is 0 Å². The Morgan fingerprint density at radius 2 is 1.75 bits per heavy atom. The third-order valence-corrected chi connectivity index (χ3v) is 5.09. The zero-order valence-electron chi connectivity index (χ0n) is 12.2. The largest absolute Gasteiger partial charge is 0.481 e. The Kier molecular flexibility index (Phi) is 4.94. The SMILES string of the molecule is CC(CN(C(C)(C)C)S(=O)(=O)c1ccccc1)C(=O)O. The lowest BCUT2D eigenvalue weighted by molar-refractivity contribution is -0.141. The molecule has 0 bridgehead atoms. The highest BCUT2D eigenvalue weighted by Gasteiger charge is 2.36. The first kappa shape index (κ1) is 16.7. The first-order valence-corrected chi connectivity index (χ1v) is 7.81. The van der Waals surface area contributed by atoms with Crippen LogP contribution in [0, 0.1) is 5.92 Å². The van der Waals surface area contributed by atoms with Gasteiger partial charge in [-0.15, -0.1) is 0 Å². The minimum atomic E-state index is -3.72. The summed E-state index contributed by atoms with van der Waals surface area (Å²) in [4.78, 5) is 11.2. The van der Waals surface area contributed by atoms with Crippen LogP contribution in [0.25, 0.3) is 0 Å². The molecule has 20 heavy (non-hydrogen) atoms. The minimum absolute atomic E-state index is 0.0595. The molecular formula is C14H21NO4S. The average molecular weight is 299 g/mol. The van der Waals surface area contributed by atoms with Gasteiger partial charge in [-0.25, -0.2) is 8.42 Å². The molecule has 0 radical (unpaired) electrons. The number of hydrogen-bond acceptors (Lipinski definition) is 3. The fraction of sp³-hybridized carbons (Fsp3) is 0.500. The van der Waals surface area contributed by atoms with Crippen LogP contribution >= 0.6 is 0 Å². The van der Waals surface area contributed by atoms with E-state index in [4.69, 9.17) is 5.11 Å². The number of sulfonamides is 1. The third-order valence-electron chi connectivity index (χ3n) is 2.94. The Bertz CT molecular complexity index is 561. The summed E-state index contributed by atoms with van der Waals surface area (Å²) in [5.41, 5.74) is -0.696. The van der Waals surface area contributed by atoms with Crippen LogP contribution < -0.4 is 0 Å². The average Bonchev–Trinajstić information content (AvgIpc) is 2.34. The maximum Gasteiger partial charge on any atom is 0.307 e. The van der Waals surface area contributed by atoms with Crippen LogP contribution in [0.5, 0.6) is 0 Å². The monoisotopic (exact) mass is 299 g/mol. The van der Waals surface area contributed by atoms with Gasteiger partial charge in [0.1, 0.15) is 0 Å². The van der Waals surface area contributed by atoms with Gasteiger partial charge in [0.15, 0.2) is 0 Å². The van der Waals surface area contributed by atoms with Crippen LogP contribution in [-0.4, -0.2) is 35.9 Å². The molecule has 0 spiro atoms. The summed E-state index contributed by atoms with van der Waals surface area (Å²) >= 11 is 0. The summed E-state index contributed by atoms with van der Waals surface area (Å²) in [6.07, 6.45) is 0. The molecule has 1 rings (SSSR count). The molecule has 0 aliphatic carbocycles. The summed E-state index contributed by atoms with van der Waals surface area (Å²) in [6.45, 7) is 6.70. The van der Waals surface area contributed by atoms with Gasteiger partial charge in [0.2, 0.25) is 10.0 Å². The van der Waals surface area contributed by atoms with E-state index in [0.717, 1.165) is 0 Å². The molecule has 0 saturated heterocycles. The molecule has 5 nitrogen and oxygen atoms in total. The van der Waals surface area contributed by atoms with E-state index >= 15 is 0 Å². The minimum Gasteiger partial charge on any atom is -0.481 e. The number of carbonyl (C=O) groups is 1. The highest BCUT2D eigenvalue weighted by Crippen LogP contribution is 2.25. The van der Waals surface area contributed by atoms with Crippen molar-refractivity contribution in [1.82, 2.24) is 4.31 Å². The molecule has 0 fully saturated rings. The summed E-state index contributed by atoms with van der Waals surface area (Å²) in [7, 11) is -3.72. The lowest BCUT2D eigenvalue weighted by Gasteiger charge is -2.35. The first-order chi connectivity index (χ1) is 9.06. The summed E-state index contributed by atoms with van der Waals surface area (Å²) in [6, 6.07) is 8.06. The van der Waals surface area contributed by atoms with Crippen molar-refractivity contribution in [3.63, 3.8) is 0 Å². The molecule has 1 aromatic rings. The van der Waals surface area contributed by atoms with Gasteiger partial charge in [-0.3, -0.25) is 4.79 Å². The number of carboxylic acids is 1. The first-order valence-electron chi connectivity index (χ1n) is 6.37. The Hall–Kier alpha value is -1.40. The van der Waals surface area contributed by atoms with Gasteiger partial charge in [0.05, 0.1) is 10.8 Å². The smallest absolute Gasteiger partial charge is 0.307 e. The van der Waals surface area contributed by atoms with Crippen molar-refractivity contribution < 1.29 is 18.3 Å². The van der Waals surface area contributed by atoms with Crippen molar-refractivity contribution in [2.24, 2.45) is 5.92 Å². The highest BCUT2D eigenvalue weighted by molar-refractivity contribution is 7.89. The van der Waals surface area contributed by atoms with Crippen LogP contribution in [0.2, 0.25) is 0 Å². The second-order valence-electron chi connectivity index (χ2n) is 5.76. The standard InChI is InChI=1S/C14H21NO4S/c1-11(13(16)17)10-15(14(2,3)4)20(18,19)12-8-6-5-7-9-12/h5-9,11H,10H2,1-4H3,(H,16,17). The lowest BCUT2D eigenvalue weighted by Crippen LogP contribution is -2.48. The Morgan fingerprint density at radius 3 is 2.15 bits per heavy atom. The molecule has 0 aliphatic rings. The maximum absolute atomic E-state index is 12.7. The summed E-state index contributed by atoms with van der Waals surface area (Å²) in [5.74, 6) is -1.78. The van der Waals surface area contributed by atoms with E-state index in [1.54, 1.807) is 39.0 Å².